The summed E-state index contributed by atoms with van der Waals surface area (Å²) in [5, 5.41) is 0. The summed E-state index contributed by atoms with van der Waals surface area (Å²) in [4.78, 5) is 29.6. The Labute approximate surface area is 143 Å². The van der Waals surface area contributed by atoms with Gasteiger partial charge in [0.1, 0.15) is 0 Å². The van der Waals surface area contributed by atoms with Crippen LogP contribution in [0.4, 0.5) is 0 Å². The topological polar surface area (TPSA) is 40.6 Å². The molecule has 0 aromatic heterocycles. The van der Waals surface area contributed by atoms with Gasteiger partial charge in [0.2, 0.25) is 11.8 Å². The number of hydrogen-bond donors (Lipinski definition) is 0. The van der Waals surface area contributed by atoms with Gasteiger partial charge in [-0.3, -0.25) is 9.59 Å². The van der Waals surface area contributed by atoms with Gasteiger partial charge in [0.15, 0.2) is 0 Å². The highest BCUT2D eigenvalue weighted by Gasteiger charge is 2.57. The average Bonchev–Trinajstić information content (AvgIpc) is 3.11. The van der Waals surface area contributed by atoms with Crippen LogP contribution < -0.4 is 0 Å². The van der Waals surface area contributed by atoms with Crippen molar-refractivity contribution in [1.29, 1.82) is 0 Å². The van der Waals surface area contributed by atoms with Gasteiger partial charge in [-0.15, -0.1) is 0 Å². The van der Waals surface area contributed by atoms with Crippen LogP contribution in [-0.2, 0) is 9.59 Å². The van der Waals surface area contributed by atoms with E-state index in [0.717, 1.165) is 32.4 Å². The smallest absolute Gasteiger partial charge is 0.231 e. The normalized spacial score (nSPS) is 35.6. The van der Waals surface area contributed by atoms with Crippen LogP contribution in [0.1, 0.15) is 37.7 Å². The van der Waals surface area contributed by atoms with Crippen LogP contribution in [0.25, 0.3) is 0 Å². The van der Waals surface area contributed by atoms with Gasteiger partial charge in [0, 0.05) is 38.5 Å². The summed E-state index contributed by atoms with van der Waals surface area (Å²) in [6.45, 7) is 4.29. The second kappa shape index (κ2) is 5.61. The summed E-state index contributed by atoms with van der Waals surface area (Å²) in [5.41, 5.74) is 0.808. The third kappa shape index (κ3) is 2.27. The van der Waals surface area contributed by atoms with Crippen molar-refractivity contribution in [3.8, 4) is 0 Å². The Balaban J connectivity index is 1.58. The lowest BCUT2D eigenvalue weighted by Gasteiger charge is -2.35. The first-order valence-corrected chi connectivity index (χ1v) is 9.10. The first-order valence-electron chi connectivity index (χ1n) is 9.10. The van der Waals surface area contributed by atoms with Crippen molar-refractivity contribution in [3.05, 3.63) is 35.9 Å². The Bertz CT molecular complexity index is 653. The highest BCUT2D eigenvalue weighted by atomic mass is 16.2. The zero-order valence-corrected chi connectivity index (χ0v) is 14.6. The van der Waals surface area contributed by atoms with Crippen LogP contribution in [0, 0.1) is 17.3 Å². The monoisotopic (exact) mass is 326 g/mol. The fourth-order valence-electron chi connectivity index (χ4n) is 5.01. The van der Waals surface area contributed by atoms with E-state index in [4.69, 9.17) is 0 Å². The molecule has 0 N–H and O–H groups in total. The van der Waals surface area contributed by atoms with Crippen LogP contribution in [0.15, 0.2) is 30.3 Å². The lowest BCUT2D eigenvalue weighted by atomic mass is 9.73. The molecular formula is C20H26N2O2. The van der Waals surface area contributed by atoms with E-state index in [1.165, 1.54) is 5.56 Å². The maximum Gasteiger partial charge on any atom is 0.231 e. The zero-order valence-electron chi connectivity index (χ0n) is 14.6. The number of rotatable bonds is 2. The predicted octanol–water partition coefficient (Wildman–Crippen LogP) is 2.51. The quantitative estimate of drug-likeness (QED) is 0.838. The second-order valence-electron chi connectivity index (χ2n) is 8.09. The van der Waals surface area contributed by atoms with Crippen LogP contribution in [0.2, 0.25) is 0 Å². The molecule has 2 amide bonds. The molecule has 4 rings (SSSR count). The first kappa shape index (κ1) is 15.7. The summed E-state index contributed by atoms with van der Waals surface area (Å²) in [5.74, 6) is 1.55. The summed E-state index contributed by atoms with van der Waals surface area (Å²) >= 11 is 0. The van der Waals surface area contributed by atoms with Crippen LogP contribution in [0.5, 0.6) is 0 Å². The van der Waals surface area contributed by atoms with Crippen LogP contribution in [-0.4, -0.2) is 48.3 Å². The minimum atomic E-state index is -0.416. The third-order valence-electron chi connectivity index (χ3n) is 6.43. The Morgan fingerprint density at radius 2 is 1.92 bits per heavy atom. The van der Waals surface area contributed by atoms with E-state index in [9.17, 15) is 9.59 Å². The molecule has 1 aromatic carbocycles. The molecule has 2 saturated heterocycles. The maximum atomic E-state index is 13.0. The van der Waals surface area contributed by atoms with Crippen molar-refractivity contribution < 1.29 is 9.59 Å². The molecule has 2 heterocycles. The van der Waals surface area contributed by atoms with E-state index in [-0.39, 0.29) is 23.7 Å². The Kier molecular flexibility index (Phi) is 3.66. The molecule has 4 nitrogen and oxygen atoms in total. The van der Waals surface area contributed by atoms with Gasteiger partial charge in [0.25, 0.3) is 0 Å². The minimum absolute atomic E-state index is 0.189. The van der Waals surface area contributed by atoms with Gasteiger partial charge in [-0.1, -0.05) is 37.3 Å². The molecule has 2 aliphatic heterocycles. The number of nitrogens with zero attached hydrogens (tertiary/aromatic N) is 2. The van der Waals surface area contributed by atoms with E-state index in [1.54, 1.807) is 0 Å². The third-order valence-corrected chi connectivity index (χ3v) is 6.43. The largest absolute Gasteiger partial charge is 0.345 e. The van der Waals surface area contributed by atoms with Crippen molar-refractivity contribution in [2.45, 2.75) is 32.1 Å². The second-order valence-corrected chi connectivity index (χ2v) is 8.09. The lowest BCUT2D eigenvalue weighted by molar-refractivity contribution is -0.140. The van der Waals surface area contributed by atoms with Crippen molar-refractivity contribution in [3.63, 3.8) is 0 Å². The van der Waals surface area contributed by atoms with Gasteiger partial charge in [0.05, 0.1) is 5.41 Å². The van der Waals surface area contributed by atoms with Gasteiger partial charge in [-0.2, -0.15) is 0 Å². The fourth-order valence-corrected chi connectivity index (χ4v) is 5.01. The Morgan fingerprint density at radius 3 is 2.58 bits per heavy atom. The van der Waals surface area contributed by atoms with E-state index < -0.39 is 5.41 Å². The van der Waals surface area contributed by atoms with Gasteiger partial charge in [-0.25, -0.2) is 0 Å². The maximum absolute atomic E-state index is 13.0. The van der Waals surface area contributed by atoms with E-state index >= 15 is 0 Å². The minimum Gasteiger partial charge on any atom is -0.345 e. The standard InChI is InChI=1S/C20H26N2O2/c1-14-10-16(11-14)18(23)22-9-8-20(13-22)17(12-21(2)19(20)24)15-6-4-3-5-7-15/h3-7,14,16-17H,8-13H2,1-2H3/t14?,16?,17-,20-/m1/s1. The molecule has 1 aromatic rings. The van der Waals surface area contributed by atoms with Crippen LogP contribution in [0.3, 0.4) is 0 Å². The average molecular weight is 326 g/mol. The SMILES string of the molecule is CC1CC(C(=O)N2CC[C@]3(C2)C(=O)N(C)C[C@@H]3c2ccccc2)C1. The fraction of sp³-hybridized carbons (Fsp3) is 0.600. The molecule has 0 bridgehead atoms. The molecule has 1 aliphatic carbocycles. The molecule has 4 heteroatoms. The molecule has 2 atom stereocenters. The molecule has 1 saturated carbocycles. The molecule has 3 aliphatic rings. The number of benzene rings is 1. The molecule has 1 spiro atoms. The van der Waals surface area contributed by atoms with Gasteiger partial charge < -0.3 is 9.80 Å². The van der Waals surface area contributed by atoms with Crippen LogP contribution >= 0.6 is 0 Å². The van der Waals surface area contributed by atoms with Crippen molar-refractivity contribution >= 4 is 11.8 Å². The van der Waals surface area contributed by atoms with Crippen molar-refractivity contribution in [1.82, 2.24) is 9.80 Å². The number of hydrogen-bond acceptors (Lipinski definition) is 2. The number of carbonyl (C=O) groups excluding carboxylic acids is 2. The van der Waals surface area contributed by atoms with E-state index in [0.29, 0.717) is 12.5 Å². The summed E-state index contributed by atoms with van der Waals surface area (Å²) in [6, 6.07) is 10.3. The molecular weight excluding hydrogens is 300 g/mol. The van der Waals surface area contributed by atoms with Gasteiger partial charge in [-0.05, 0) is 30.7 Å². The molecule has 3 fully saturated rings. The van der Waals surface area contributed by atoms with Crippen molar-refractivity contribution in [2.24, 2.45) is 17.3 Å². The number of amides is 2. The predicted molar refractivity (Wildman–Crippen MR) is 92.3 cm³/mol. The highest BCUT2D eigenvalue weighted by molar-refractivity contribution is 5.89. The lowest BCUT2D eigenvalue weighted by Crippen LogP contribution is -2.43. The van der Waals surface area contributed by atoms with Crippen molar-refractivity contribution in [2.75, 3.05) is 26.7 Å². The Hall–Kier alpha value is -1.84. The zero-order chi connectivity index (χ0) is 16.9. The number of likely N-dealkylation sites (N-methyl/N-ethyl adjacent to an activating group) is 1. The summed E-state index contributed by atoms with van der Waals surface area (Å²) in [7, 11) is 1.89. The number of likely N-dealkylation sites (tertiary alicyclic amines) is 2. The van der Waals surface area contributed by atoms with E-state index in [2.05, 4.69) is 19.1 Å². The molecule has 0 radical (unpaired) electrons. The first-order chi connectivity index (χ1) is 11.5. The summed E-state index contributed by atoms with van der Waals surface area (Å²) < 4.78 is 0. The molecule has 0 unspecified atom stereocenters. The highest BCUT2D eigenvalue weighted by Crippen LogP contribution is 2.50. The summed E-state index contributed by atoms with van der Waals surface area (Å²) in [6.07, 6.45) is 2.82. The van der Waals surface area contributed by atoms with Gasteiger partial charge >= 0.3 is 0 Å². The number of carbonyl (C=O) groups is 2. The van der Waals surface area contributed by atoms with E-state index in [1.807, 2.05) is 35.0 Å². The molecule has 24 heavy (non-hydrogen) atoms. The Morgan fingerprint density at radius 1 is 1.21 bits per heavy atom. The molecule has 128 valence electrons.